The van der Waals surface area contributed by atoms with Crippen molar-refractivity contribution in [3.63, 3.8) is 0 Å². The smallest absolute Gasteiger partial charge is 0.416 e. The molecule has 228 valence electrons. The number of alkyl halides is 9. The van der Waals surface area contributed by atoms with Crippen LogP contribution in [0.15, 0.2) is 77.5 Å². The molecular weight excluding hydrogens is 681 g/mol. The van der Waals surface area contributed by atoms with Crippen molar-refractivity contribution >= 4 is 33.5 Å². The molecule has 0 fully saturated rings. The van der Waals surface area contributed by atoms with Gasteiger partial charge in [-0.3, -0.25) is 0 Å². The molecule has 4 nitrogen and oxygen atoms in total. The number of hydrogen-bond acceptors (Lipinski definition) is 4. The van der Waals surface area contributed by atoms with Gasteiger partial charge in [-0.2, -0.15) is 39.5 Å². The first kappa shape index (κ1) is 32.4. The van der Waals surface area contributed by atoms with Gasteiger partial charge in [0.2, 0.25) is 5.95 Å². The van der Waals surface area contributed by atoms with Gasteiger partial charge in [-0.05, 0) is 57.4 Å². The first-order valence-corrected chi connectivity index (χ1v) is 13.2. The molecule has 0 spiro atoms. The molecule has 0 aliphatic rings. The third kappa shape index (κ3) is 8.53. The van der Waals surface area contributed by atoms with Crippen LogP contribution < -0.4 is 9.64 Å². The summed E-state index contributed by atoms with van der Waals surface area (Å²) < 4.78 is 128. The number of nitrogens with zero attached hydrogens (tertiary/aromatic N) is 3. The summed E-state index contributed by atoms with van der Waals surface area (Å²) in [5.74, 6) is -0.364. The largest absolute Gasteiger partial charge is 0.487 e. The molecule has 0 saturated heterocycles. The standard InChI is InChI=1S/C28H18BrClF9N3O/c29-22-11-40-25(41-12-22)42(13-17-6-19(26(31,32)33)9-20(7-17)27(34,35)36)14-18-8-21(28(37,38)39)10-23(30)24(18)43-15-16-4-2-1-3-5-16/h1-12H,13-15H2. The minimum Gasteiger partial charge on any atom is -0.487 e. The molecule has 0 amide bonds. The van der Waals surface area contributed by atoms with Gasteiger partial charge in [0.25, 0.3) is 0 Å². The maximum Gasteiger partial charge on any atom is 0.416 e. The number of anilines is 1. The van der Waals surface area contributed by atoms with Gasteiger partial charge in [-0.25, -0.2) is 9.97 Å². The van der Waals surface area contributed by atoms with Crippen LogP contribution >= 0.6 is 27.5 Å². The molecule has 4 rings (SSSR count). The van der Waals surface area contributed by atoms with E-state index in [2.05, 4.69) is 25.9 Å². The van der Waals surface area contributed by atoms with Crippen LogP contribution in [-0.4, -0.2) is 9.97 Å². The van der Waals surface area contributed by atoms with Crippen molar-refractivity contribution in [2.45, 2.75) is 38.2 Å². The van der Waals surface area contributed by atoms with Gasteiger partial charge >= 0.3 is 18.5 Å². The number of ether oxygens (including phenoxy) is 1. The molecule has 0 bridgehead atoms. The van der Waals surface area contributed by atoms with Crippen molar-refractivity contribution in [2.24, 2.45) is 0 Å². The normalized spacial score (nSPS) is 12.3. The van der Waals surface area contributed by atoms with Crippen molar-refractivity contribution < 1.29 is 44.3 Å². The highest BCUT2D eigenvalue weighted by Gasteiger charge is 2.37. The molecule has 43 heavy (non-hydrogen) atoms. The quantitative estimate of drug-likeness (QED) is 0.172. The number of halogens is 11. The van der Waals surface area contributed by atoms with Crippen LogP contribution in [0.5, 0.6) is 5.75 Å². The summed E-state index contributed by atoms with van der Waals surface area (Å²) in [5, 5.41) is -0.407. The van der Waals surface area contributed by atoms with Crippen LogP contribution in [0.4, 0.5) is 45.5 Å². The molecular formula is C28H18BrClF9N3O. The Bertz CT molecular complexity index is 1530. The Kier molecular flexibility index (Phi) is 9.50. The van der Waals surface area contributed by atoms with E-state index in [1.165, 1.54) is 12.4 Å². The van der Waals surface area contributed by atoms with Crippen molar-refractivity contribution in [1.29, 1.82) is 0 Å². The van der Waals surface area contributed by atoms with Crippen molar-refractivity contribution in [2.75, 3.05) is 4.90 Å². The van der Waals surface area contributed by atoms with Gasteiger partial charge in [-0.15, -0.1) is 0 Å². The fourth-order valence-corrected chi connectivity index (χ4v) is 4.52. The maximum absolute atomic E-state index is 13.7. The Morgan fingerprint density at radius 3 is 1.77 bits per heavy atom. The van der Waals surface area contributed by atoms with E-state index >= 15 is 0 Å². The SMILES string of the molecule is FC(F)(F)c1cc(CN(Cc2cc(C(F)(F)F)cc(Cl)c2OCc2ccccc2)c2ncc(Br)cn2)cc(C(F)(F)F)c1. The average Bonchev–Trinajstić information content (AvgIpc) is 2.91. The Labute approximate surface area is 252 Å². The Morgan fingerprint density at radius 2 is 1.23 bits per heavy atom. The second-order valence-corrected chi connectivity index (χ2v) is 10.5. The summed E-state index contributed by atoms with van der Waals surface area (Å²) in [4.78, 5) is 9.23. The Hall–Kier alpha value is -3.52. The summed E-state index contributed by atoms with van der Waals surface area (Å²) in [6, 6.07) is 11.0. The van der Waals surface area contributed by atoms with Gasteiger partial charge in [0.15, 0.2) is 0 Å². The third-order valence-corrected chi connectivity index (χ3v) is 6.64. The molecule has 1 heterocycles. The lowest BCUT2D eigenvalue weighted by Gasteiger charge is -2.26. The zero-order valence-electron chi connectivity index (χ0n) is 21.5. The maximum atomic E-state index is 13.7. The highest BCUT2D eigenvalue weighted by Crippen LogP contribution is 2.40. The predicted molar refractivity (Wildman–Crippen MR) is 143 cm³/mol. The lowest BCUT2D eigenvalue weighted by atomic mass is 10.0. The van der Waals surface area contributed by atoms with Crippen LogP contribution in [0.1, 0.15) is 33.4 Å². The number of benzene rings is 3. The molecule has 0 radical (unpaired) electrons. The van der Waals surface area contributed by atoms with Crippen LogP contribution in [0, 0.1) is 0 Å². The molecule has 0 saturated carbocycles. The van der Waals surface area contributed by atoms with Gasteiger partial charge < -0.3 is 9.64 Å². The molecule has 15 heteroatoms. The first-order chi connectivity index (χ1) is 20.0. The van der Waals surface area contributed by atoms with Crippen LogP contribution in [0.2, 0.25) is 5.02 Å². The molecule has 0 aliphatic carbocycles. The predicted octanol–water partition coefficient (Wildman–Crippen LogP) is 9.73. The summed E-state index contributed by atoms with van der Waals surface area (Å²) in [5.41, 5.74) is -4.20. The number of aromatic nitrogens is 2. The van der Waals surface area contributed by atoms with Crippen LogP contribution in [0.25, 0.3) is 0 Å². The monoisotopic (exact) mass is 697 g/mol. The van der Waals surface area contributed by atoms with E-state index in [1.54, 1.807) is 30.3 Å². The Morgan fingerprint density at radius 1 is 0.698 bits per heavy atom. The van der Waals surface area contributed by atoms with Crippen molar-refractivity contribution in [1.82, 2.24) is 9.97 Å². The first-order valence-electron chi connectivity index (χ1n) is 12.1. The highest BCUT2D eigenvalue weighted by molar-refractivity contribution is 9.10. The van der Waals surface area contributed by atoms with E-state index in [0.717, 1.165) is 11.0 Å². The number of rotatable bonds is 8. The molecule has 0 N–H and O–H groups in total. The molecule has 1 aromatic heterocycles. The van der Waals surface area contributed by atoms with E-state index in [4.69, 9.17) is 16.3 Å². The minimum atomic E-state index is -5.11. The molecule has 0 atom stereocenters. The van der Waals surface area contributed by atoms with Gasteiger partial charge in [0.1, 0.15) is 12.4 Å². The van der Waals surface area contributed by atoms with Crippen molar-refractivity contribution in [3.05, 3.63) is 116 Å². The molecule has 0 aliphatic heterocycles. The summed E-state index contributed by atoms with van der Waals surface area (Å²) in [6.07, 6.45) is -12.5. The van der Waals surface area contributed by atoms with E-state index in [1.807, 2.05) is 0 Å². The summed E-state index contributed by atoms with van der Waals surface area (Å²) in [6.45, 7) is -1.29. The third-order valence-electron chi connectivity index (χ3n) is 5.95. The fourth-order valence-electron chi connectivity index (χ4n) is 4.03. The van der Waals surface area contributed by atoms with Crippen LogP contribution in [0.3, 0.4) is 0 Å². The molecule has 4 aromatic rings. The van der Waals surface area contributed by atoms with E-state index in [-0.39, 0.29) is 29.9 Å². The lowest BCUT2D eigenvalue weighted by Crippen LogP contribution is -2.25. The molecule has 0 unspecified atom stereocenters. The van der Waals surface area contributed by atoms with Gasteiger partial charge in [-0.1, -0.05) is 41.9 Å². The highest BCUT2D eigenvalue weighted by atomic mass is 79.9. The summed E-state index contributed by atoms with van der Waals surface area (Å²) in [7, 11) is 0. The second-order valence-electron chi connectivity index (χ2n) is 9.19. The number of hydrogen-bond donors (Lipinski definition) is 0. The summed E-state index contributed by atoms with van der Waals surface area (Å²) >= 11 is 9.36. The van der Waals surface area contributed by atoms with E-state index < -0.39 is 58.9 Å². The molecule has 3 aromatic carbocycles. The second kappa shape index (κ2) is 12.6. The Balaban J connectivity index is 1.81. The van der Waals surface area contributed by atoms with Gasteiger partial charge in [0.05, 0.1) is 26.2 Å². The fraction of sp³-hybridized carbons (Fsp3) is 0.214. The van der Waals surface area contributed by atoms with E-state index in [9.17, 15) is 39.5 Å². The van der Waals surface area contributed by atoms with E-state index in [0.29, 0.717) is 28.2 Å². The van der Waals surface area contributed by atoms with Crippen LogP contribution in [-0.2, 0) is 38.2 Å². The average molecular weight is 699 g/mol. The van der Waals surface area contributed by atoms with Gasteiger partial charge in [0, 0.05) is 31.0 Å². The minimum absolute atomic E-state index is 0.0218. The zero-order chi connectivity index (χ0) is 31.6. The lowest BCUT2D eigenvalue weighted by molar-refractivity contribution is -0.143. The zero-order valence-corrected chi connectivity index (χ0v) is 23.8. The van der Waals surface area contributed by atoms with Crippen molar-refractivity contribution in [3.8, 4) is 5.75 Å². The topological polar surface area (TPSA) is 38.2 Å².